The smallest absolute Gasteiger partial charge is 0.134 e. The predicted molar refractivity (Wildman–Crippen MR) is 75.7 cm³/mol. The van der Waals surface area contributed by atoms with E-state index in [4.69, 9.17) is 22.1 Å². The highest BCUT2D eigenvalue weighted by molar-refractivity contribution is 9.10. The van der Waals surface area contributed by atoms with Gasteiger partial charge in [0, 0.05) is 21.3 Å². The quantitative estimate of drug-likeness (QED) is 0.910. The average molecular weight is 333 g/mol. The second-order valence-electron chi connectivity index (χ2n) is 3.44. The standard InChI is InChI=1S/C12H11BrClNOS/c13-11-5-8(14)1-4-12(11)16-7-10-3-2-9(6-15)17-10/h1-5H,6-7,15H2. The lowest BCUT2D eigenvalue weighted by molar-refractivity contribution is 0.308. The van der Waals surface area contributed by atoms with Crippen LogP contribution in [-0.4, -0.2) is 0 Å². The number of hydrogen-bond acceptors (Lipinski definition) is 3. The Morgan fingerprint density at radius 2 is 2.00 bits per heavy atom. The Morgan fingerprint density at radius 3 is 2.65 bits per heavy atom. The summed E-state index contributed by atoms with van der Waals surface area (Å²) in [5.41, 5.74) is 5.56. The third-order valence-electron chi connectivity index (χ3n) is 2.18. The molecule has 2 nitrogen and oxygen atoms in total. The van der Waals surface area contributed by atoms with Gasteiger partial charge in [-0.05, 0) is 46.3 Å². The number of nitrogens with two attached hydrogens (primary N) is 1. The highest BCUT2D eigenvalue weighted by atomic mass is 79.9. The first-order chi connectivity index (χ1) is 8.19. The van der Waals surface area contributed by atoms with Crippen LogP contribution >= 0.6 is 38.9 Å². The molecule has 90 valence electrons. The third kappa shape index (κ3) is 3.45. The van der Waals surface area contributed by atoms with Gasteiger partial charge in [-0.1, -0.05) is 11.6 Å². The van der Waals surface area contributed by atoms with Crippen LogP contribution in [0.15, 0.2) is 34.8 Å². The van der Waals surface area contributed by atoms with Crippen LogP contribution in [0.25, 0.3) is 0 Å². The fourth-order valence-corrected chi connectivity index (χ4v) is 2.96. The molecule has 1 aromatic heterocycles. The topological polar surface area (TPSA) is 35.2 Å². The van der Waals surface area contributed by atoms with Gasteiger partial charge in [0.1, 0.15) is 12.4 Å². The molecule has 2 aromatic rings. The van der Waals surface area contributed by atoms with Crippen LogP contribution in [0.3, 0.4) is 0 Å². The van der Waals surface area contributed by atoms with Crippen LogP contribution in [0, 0.1) is 0 Å². The summed E-state index contributed by atoms with van der Waals surface area (Å²) in [4.78, 5) is 2.33. The second kappa shape index (κ2) is 5.87. The summed E-state index contributed by atoms with van der Waals surface area (Å²) in [6.45, 7) is 1.13. The Kier molecular flexibility index (Phi) is 4.45. The van der Waals surface area contributed by atoms with Crippen molar-refractivity contribution in [2.45, 2.75) is 13.2 Å². The van der Waals surface area contributed by atoms with E-state index in [0.717, 1.165) is 15.1 Å². The summed E-state index contributed by atoms with van der Waals surface area (Å²) >= 11 is 10.9. The van der Waals surface area contributed by atoms with Gasteiger partial charge in [0.2, 0.25) is 0 Å². The Balaban J connectivity index is 2.02. The van der Waals surface area contributed by atoms with Gasteiger partial charge in [-0.25, -0.2) is 0 Å². The highest BCUT2D eigenvalue weighted by Crippen LogP contribution is 2.29. The molecule has 0 radical (unpaired) electrons. The highest BCUT2D eigenvalue weighted by Gasteiger charge is 2.04. The number of rotatable bonds is 4. The molecular formula is C12H11BrClNOS. The molecule has 0 aliphatic carbocycles. The van der Waals surface area contributed by atoms with Gasteiger partial charge in [-0.3, -0.25) is 0 Å². The fraction of sp³-hybridized carbons (Fsp3) is 0.167. The zero-order chi connectivity index (χ0) is 12.3. The van der Waals surface area contributed by atoms with Gasteiger partial charge in [-0.2, -0.15) is 0 Å². The summed E-state index contributed by atoms with van der Waals surface area (Å²) in [5.74, 6) is 0.789. The lowest BCUT2D eigenvalue weighted by atomic mass is 10.3. The lowest BCUT2D eigenvalue weighted by Gasteiger charge is -2.06. The predicted octanol–water partition coefficient (Wildman–Crippen LogP) is 4.20. The van der Waals surface area contributed by atoms with Crippen LogP contribution in [0.2, 0.25) is 5.02 Å². The van der Waals surface area contributed by atoms with Crippen LogP contribution in [0.5, 0.6) is 5.75 Å². The van der Waals surface area contributed by atoms with E-state index < -0.39 is 0 Å². The Morgan fingerprint density at radius 1 is 1.24 bits per heavy atom. The van der Waals surface area contributed by atoms with Crippen LogP contribution in [-0.2, 0) is 13.2 Å². The van der Waals surface area contributed by atoms with Crippen molar-refractivity contribution in [1.29, 1.82) is 0 Å². The Hall–Kier alpha value is -0.550. The van der Waals surface area contributed by atoms with Gasteiger partial charge in [0.15, 0.2) is 0 Å². The summed E-state index contributed by atoms with van der Waals surface area (Å²) in [5, 5.41) is 0.686. The van der Waals surface area contributed by atoms with Crippen molar-refractivity contribution in [1.82, 2.24) is 0 Å². The van der Waals surface area contributed by atoms with Crippen molar-refractivity contribution >= 4 is 38.9 Å². The van der Waals surface area contributed by atoms with Gasteiger partial charge in [-0.15, -0.1) is 11.3 Å². The Bertz CT molecular complexity index is 515. The molecule has 1 aromatic carbocycles. The van der Waals surface area contributed by atoms with E-state index in [2.05, 4.69) is 15.9 Å². The third-order valence-corrected chi connectivity index (χ3v) is 4.12. The summed E-state index contributed by atoms with van der Waals surface area (Å²) in [7, 11) is 0. The van der Waals surface area contributed by atoms with Gasteiger partial charge in [0.05, 0.1) is 4.47 Å². The maximum Gasteiger partial charge on any atom is 0.134 e. The number of ether oxygens (including phenoxy) is 1. The fourth-order valence-electron chi connectivity index (χ4n) is 1.35. The van der Waals surface area contributed by atoms with Crippen LogP contribution in [0.1, 0.15) is 9.75 Å². The molecule has 0 aliphatic rings. The molecule has 0 spiro atoms. The van der Waals surface area contributed by atoms with Crippen molar-refractivity contribution in [3.63, 3.8) is 0 Å². The summed E-state index contributed by atoms with van der Waals surface area (Å²) < 4.78 is 6.56. The van der Waals surface area contributed by atoms with Crippen molar-refractivity contribution in [3.05, 3.63) is 49.6 Å². The van der Waals surface area contributed by atoms with E-state index >= 15 is 0 Å². The molecule has 0 amide bonds. The average Bonchev–Trinajstić information content (AvgIpc) is 2.76. The minimum absolute atomic E-state index is 0.547. The minimum Gasteiger partial charge on any atom is -0.487 e. The molecule has 0 saturated carbocycles. The van der Waals surface area contributed by atoms with E-state index in [9.17, 15) is 0 Å². The first kappa shape index (κ1) is 12.9. The normalized spacial score (nSPS) is 10.5. The Labute approximate surface area is 117 Å². The molecule has 0 aliphatic heterocycles. The first-order valence-electron chi connectivity index (χ1n) is 5.04. The maximum absolute atomic E-state index is 5.86. The molecular weight excluding hydrogens is 322 g/mol. The van der Waals surface area contributed by atoms with Crippen molar-refractivity contribution in [2.24, 2.45) is 5.73 Å². The van der Waals surface area contributed by atoms with Crippen LogP contribution in [0.4, 0.5) is 0 Å². The SMILES string of the molecule is NCc1ccc(COc2ccc(Cl)cc2Br)s1. The molecule has 2 N–H and O–H groups in total. The monoisotopic (exact) mass is 331 g/mol. The molecule has 1 heterocycles. The number of hydrogen-bond donors (Lipinski definition) is 1. The zero-order valence-electron chi connectivity index (χ0n) is 8.95. The number of thiophene rings is 1. The van der Waals surface area contributed by atoms with Gasteiger partial charge < -0.3 is 10.5 Å². The zero-order valence-corrected chi connectivity index (χ0v) is 12.1. The van der Waals surface area contributed by atoms with Gasteiger partial charge >= 0.3 is 0 Å². The molecule has 0 bridgehead atoms. The van der Waals surface area contributed by atoms with E-state index in [0.29, 0.717) is 18.2 Å². The number of halogens is 2. The number of benzene rings is 1. The molecule has 2 rings (SSSR count). The second-order valence-corrected chi connectivity index (χ2v) is 5.98. The molecule has 0 atom stereocenters. The van der Waals surface area contributed by atoms with E-state index in [1.165, 1.54) is 4.88 Å². The molecule has 17 heavy (non-hydrogen) atoms. The maximum atomic E-state index is 5.86. The van der Waals surface area contributed by atoms with E-state index in [1.54, 1.807) is 17.4 Å². The first-order valence-corrected chi connectivity index (χ1v) is 7.03. The van der Waals surface area contributed by atoms with E-state index in [1.807, 2.05) is 24.3 Å². The van der Waals surface area contributed by atoms with Crippen LogP contribution < -0.4 is 10.5 Å². The molecule has 0 saturated heterocycles. The van der Waals surface area contributed by atoms with Crippen molar-refractivity contribution in [2.75, 3.05) is 0 Å². The molecule has 0 unspecified atom stereocenters. The minimum atomic E-state index is 0.547. The summed E-state index contributed by atoms with van der Waals surface area (Å²) in [6.07, 6.45) is 0. The largest absolute Gasteiger partial charge is 0.487 e. The molecule has 0 fully saturated rings. The van der Waals surface area contributed by atoms with Gasteiger partial charge in [0.25, 0.3) is 0 Å². The van der Waals surface area contributed by atoms with E-state index in [-0.39, 0.29) is 0 Å². The lowest BCUT2D eigenvalue weighted by Crippen LogP contribution is -1.94. The summed E-state index contributed by atoms with van der Waals surface area (Å²) in [6, 6.07) is 9.54. The van der Waals surface area contributed by atoms with Crippen molar-refractivity contribution in [3.8, 4) is 5.75 Å². The molecule has 5 heteroatoms. The van der Waals surface area contributed by atoms with Crippen molar-refractivity contribution < 1.29 is 4.74 Å².